The van der Waals surface area contributed by atoms with Gasteiger partial charge in [0.25, 0.3) is 15.6 Å². The number of aromatic nitrogens is 2. The van der Waals surface area contributed by atoms with Crippen molar-refractivity contribution >= 4 is 50.1 Å². The Bertz CT molecular complexity index is 1770. The molecule has 5 rings (SSSR count). The van der Waals surface area contributed by atoms with Crippen LogP contribution in [0.3, 0.4) is 0 Å². The molecular formula is C28H26FN5O4S2. The lowest BCUT2D eigenvalue weighted by atomic mass is 10.2. The first kappa shape index (κ1) is 27.5. The second-order valence-electron chi connectivity index (χ2n) is 9.11. The Morgan fingerprint density at radius 1 is 1.00 bits per heavy atom. The first-order valence-corrected chi connectivity index (χ1v) is 15.1. The molecule has 1 aliphatic heterocycles. The number of benzene rings is 3. The fourth-order valence-corrected chi connectivity index (χ4v) is 6.23. The maximum Gasteiger partial charge on any atom is 0.266 e. The fourth-order valence-electron chi connectivity index (χ4n) is 4.29. The Balaban J connectivity index is 1.35. The lowest BCUT2D eigenvalue weighted by Gasteiger charge is -2.14. The number of amidine groups is 1. The Hall–Kier alpha value is -4.03. The number of sulfonamides is 1. The highest BCUT2D eigenvalue weighted by atomic mass is 32.2. The van der Waals surface area contributed by atoms with Crippen molar-refractivity contribution < 1.29 is 17.6 Å². The lowest BCUT2D eigenvalue weighted by Crippen LogP contribution is -2.30. The minimum absolute atomic E-state index is 0.00510. The molecule has 0 atom stereocenters. The van der Waals surface area contributed by atoms with Crippen molar-refractivity contribution in [2.24, 2.45) is 4.99 Å². The summed E-state index contributed by atoms with van der Waals surface area (Å²) in [6, 6.07) is 18.5. The Kier molecular flexibility index (Phi) is 8.27. The molecule has 1 aliphatic rings. The zero-order valence-electron chi connectivity index (χ0n) is 21.3. The van der Waals surface area contributed by atoms with Gasteiger partial charge in [-0.3, -0.25) is 23.9 Å². The van der Waals surface area contributed by atoms with Crippen molar-refractivity contribution in [1.82, 2.24) is 14.3 Å². The highest BCUT2D eigenvalue weighted by Gasteiger charge is 2.19. The fraction of sp³-hybridized carbons (Fsp3) is 0.214. The van der Waals surface area contributed by atoms with Gasteiger partial charge in [-0.1, -0.05) is 48.5 Å². The minimum atomic E-state index is -3.88. The number of nitrogens with zero attached hydrogens (tertiary/aromatic N) is 3. The number of rotatable bonds is 7. The van der Waals surface area contributed by atoms with Crippen LogP contribution in [0, 0.1) is 5.82 Å². The monoisotopic (exact) mass is 579 g/mol. The number of amides is 1. The largest absolute Gasteiger partial charge is 0.325 e. The highest BCUT2D eigenvalue weighted by Crippen LogP contribution is 2.23. The predicted molar refractivity (Wildman–Crippen MR) is 154 cm³/mol. The standard InChI is InChI=1S/C28H26FN5O4S2/c29-22-12-4-6-14-24(22)34-27(36)21-11-3-5-13-23(21)32-28(34)39-18-26(35)31-19-9-8-10-20(17-19)40(37,38)33-25-15-2-1-7-16-30-25/h3-6,8-14,17H,1-2,7,15-16,18H2,(H,30,33)(H,31,35). The summed E-state index contributed by atoms with van der Waals surface area (Å²) in [5.74, 6) is -0.782. The number of halogens is 1. The zero-order chi connectivity index (χ0) is 28.1. The van der Waals surface area contributed by atoms with Crippen LogP contribution < -0.4 is 15.6 Å². The van der Waals surface area contributed by atoms with Crippen LogP contribution in [0.5, 0.6) is 0 Å². The summed E-state index contributed by atoms with van der Waals surface area (Å²) >= 11 is 0.969. The number of nitrogens with one attached hydrogen (secondary N) is 2. The third kappa shape index (κ3) is 6.23. The van der Waals surface area contributed by atoms with Gasteiger partial charge in [-0.25, -0.2) is 17.8 Å². The van der Waals surface area contributed by atoms with Crippen LogP contribution in [0.4, 0.5) is 10.1 Å². The van der Waals surface area contributed by atoms with E-state index in [0.717, 1.165) is 35.6 Å². The molecule has 9 nitrogen and oxygen atoms in total. The molecule has 0 saturated heterocycles. The van der Waals surface area contributed by atoms with Crippen LogP contribution in [0.25, 0.3) is 16.6 Å². The van der Waals surface area contributed by atoms with Crippen LogP contribution in [-0.4, -0.2) is 42.0 Å². The molecule has 12 heteroatoms. The number of hydrogen-bond donors (Lipinski definition) is 2. The number of fused-ring (bicyclic) bond motifs is 1. The van der Waals surface area contributed by atoms with Gasteiger partial charge >= 0.3 is 0 Å². The van der Waals surface area contributed by atoms with Crippen molar-refractivity contribution in [1.29, 1.82) is 0 Å². The lowest BCUT2D eigenvalue weighted by molar-refractivity contribution is -0.113. The van der Waals surface area contributed by atoms with Crippen molar-refractivity contribution in [2.75, 3.05) is 17.6 Å². The molecule has 0 saturated carbocycles. The first-order chi connectivity index (χ1) is 19.3. The summed E-state index contributed by atoms with van der Waals surface area (Å²) in [5.41, 5.74) is 0.278. The van der Waals surface area contributed by atoms with Gasteiger partial charge in [-0.15, -0.1) is 0 Å². The minimum Gasteiger partial charge on any atom is -0.325 e. The molecule has 1 amide bonds. The van der Waals surface area contributed by atoms with E-state index in [4.69, 9.17) is 0 Å². The molecule has 0 fully saturated rings. The molecule has 0 aliphatic carbocycles. The molecule has 4 aromatic rings. The van der Waals surface area contributed by atoms with Crippen LogP contribution in [0.15, 0.2) is 92.6 Å². The van der Waals surface area contributed by atoms with Gasteiger partial charge in [0.15, 0.2) is 5.16 Å². The molecule has 2 heterocycles. The summed E-state index contributed by atoms with van der Waals surface area (Å²) in [6.45, 7) is 0.586. The normalized spacial score (nSPS) is 13.9. The highest BCUT2D eigenvalue weighted by molar-refractivity contribution is 7.99. The third-order valence-corrected chi connectivity index (χ3v) is 8.54. The van der Waals surface area contributed by atoms with Crippen LogP contribution in [0.1, 0.15) is 25.7 Å². The van der Waals surface area contributed by atoms with Crippen LogP contribution in [0.2, 0.25) is 0 Å². The van der Waals surface area contributed by atoms with E-state index in [1.807, 2.05) is 0 Å². The SMILES string of the molecule is O=C(CSc1nc2ccccc2c(=O)n1-c1ccccc1F)Nc1cccc(S(=O)(=O)NC2=NCCCCC2)c1. The summed E-state index contributed by atoms with van der Waals surface area (Å²) in [4.78, 5) is 35.0. The predicted octanol–water partition coefficient (Wildman–Crippen LogP) is 4.51. The van der Waals surface area contributed by atoms with Crippen LogP contribution in [-0.2, 0) is 14.8 Å². The number of aliphatic imine (C=N–C) groups is 1. The molecule has 0 spiro atoms. The number of thioether (sulfide) groups is 1. The van der Waals surface area contributed by atoms with E-state index < -0.39 is 27.3 Å². The number of carbonyl (C=O) groups is 1. The van der Waals surface area contributed by atoms with Crippen molar-refractivity contribution in [3.05, 3.63) is 89.0 Å². The first-order valence-electron chi connectivity index (χ1n) is 12.7. The Labute approximate surface area is 234 Å². The topological polar surface area (TPSA) is 123 Å². The molecule has 3 aromatic carbocycles. The Morgan fingerprint density at radius 3 is 2.65 bits per heavy atom. The van der Waals surface area contributed by atoms with E-state index >= 15 is 0 Å². The van der Waals surface area contributed by atoms with Crippen molar-refractivity contribution in [2.45, 2.75) is 35.7 Å². The van der Waals surface area contributed by atoms with Gasteiger partial charge in [0.1, 0.15) is 11.7 Å². The van der Waals surface area contributed by atoms with Gasteiger partial charge in [-0.05, 0) is 55.3 Å². The van der Waals surface area contributed by atoms with E-state index in [1.54, 1.807) is 36.4 Å². The molecule has 40 heavy (non-hydrogen) atoms. The van der Waals surface area contributed by atoms with Gasteiger partial charge < -0.3 is 5.32 Å². The quantitative estimate of drug-likeness (QED) is 0.246. The second kappa shape index (κ2) is 12.0. The zero-order valence-corrected chi connectivity index (χ0v) is 23.0. The molecule has 0 radical (unpaired) electrons. The maximum atomic E-state index is 14.7. The molecule has 0 bridgehead atoms. The van der Waals surface area contributed by atoms with Crippen LogP contribution >= 0.6 is 11.8 Å². The van der Waals surface area contributed by atoms with E-state index in [1.165, 1.54) is 36.4 Å². The maximum absolute atomic E-state index is 14.7. The molecule has 0 unspecified atom stereocenters. The van der Waals surface area contributed by atoms with Crippen molar-refractivity contribution in [3.8, 4) is 5.69 Å². The molecule has 206 valence electrons. The second-order valence-corrected chi connectivity index (χ2v) is 11.7. The molecule has 2 N–H and O–H groups in total. The Morgan fingerprint density at radius 2 is 1.80 bits per heavy atom. The average molecular weight is 580 g/mol. The number of anilines is 1. The van der Waals surface area contributed by atoms with Gasteiger partial charge in [0, 0.05) is 18.7 Å². The van der Waals surface area contributed by atoms with Gasteiger partial charge in [0.05, 0.1) is 27.2 Å². The van der Waals surface area contributed by atoms with Crippen molar-refractivity contribution in [3.63, 3.8) is 0 Å². The summed E-state index contributed by atoms with van der Waals surface area (Å²) in [7, 11) is -3.88. The van der Waals surface area contributed by atoms with E-state index in [2.05, 4.69) is 20.0 Å². The van der Waals surface area contributed by atoms with E-state index in [0.29, 0.717) is 29.7 Å². The molecule has 1 aromatic heterocycles. The summed E-state index contributed by atoms with van der Waals surface area (Å²) in [6.07, 6.45) is 3.36. The number of para-hydroxylation sites is 2. The third-order valence-electron chi connectivity index (χ3n) is 6.23. The van der Waals surface area contributed by atoms with Gasteiger partial charge in [-0.2, -0.15) is 0 Å². The van der Waals surface area contributed by atoms with E-state index in [9.17, 15) is 22.4 Å². The molecular weight excluding hydrogens is 553 g/mol. The van der Waals surface area contributed by atoms with Gasteiger partial charge in [0.2, 0.25) is 5.91 Å². The van der Waals surface area contributed by atoms with E-state index in [-0.39, 0.29) is 27.2 Å². The summed E-state index contributed by atoms with van der Waals surface area (Å²) in [5, 5.41) is 3.16. The average Bonchev–Trinajstić information content (AvgIpc) is 3.21. The smallest absolute Gasteiger partial charge is 0.266 e. The summed E-state index contributed by atoms with van der Waals surface area (Å²) < 4.78 is 44.2. The number of hydrogen-bond acceptors (Lipinski definition) is 7. The number of carbonyl (C=O) groups excluding carboxylic acids is 1.